The number of carbonyl (C=O) groups is 1. The largest absolute Gasteiger partial charge is 0.359 e. The molecule has 0 unspecified atom stereocenters. The molecule has 4 rings (SSSR count). The number of nitrogens with one attached hydrogen (secondary N) is 1. The molecule has 3 heteroatoms. The molecular formula is C18H12N2O. The van der Waals surface area contributed by atoms with Gasteiger partial charge in [0.05, 0.1) is 16.7 Å². The van der Waals surface area contributed by atoms with Crippen LogP contribution in [0.15, 0.2) is 60.8 Å². The molecule has 0 aliphatic carbocycles. The average molecular weight is 272 g/mol. The van der Waals surface area contributed by atoms with E-state index in [0.717, 1.165) is 39.3 Å². The monoisotopic (exact) mass is 272 g/mol. The molecule has 1 N–H and O–H groups in total. The van der Waals surface area contributed by atoms with Gasteiger partial charge in [0.1, 0.15) is 6.29 Å². The number of carbonyl (C=O) groups excluding carboxylic acids is 1. The summed E-state index contributed by atoms with van der Waals surface area (Å²) in [5, 5.41) is 2.30. The van der Waals surface area contributed by atoms with Crippen LogP contribution in [0.1, 0.15) is 10.4 Å². The van der Waals surface area contributed by atoms with E-state index >= 15 is 0 Å². The standard InChI is InChI=1S/C18H12N2O/c21-11-12-5-7-13(8-6-12)17-18-15(9-10-19-18)14-3-1-2-4-16(14)20-17/h1-11,19H. The highest BCUT2D eigenvalue weighted by Gasteiger charge is 2.10. The fourth-order valence-electron chi connectivity index (χ4n) is 2.69. The van der Waals surface area contributed by atoms with Gasteiger partial charge in [-0.25, -0.2) is 4.98 Å². The number of nitrogens with zero attached hydrogens (tertiary/aromatic N) is 1. The molecule has 0 aliphatic rings. The first-order chi connectivity index (χ1) is 10.4. The average Bonchev–Trinajstić information content (AvgIpc) is 3.04. The van der Waals surface area contributed by atoms with Gasteiger partial charge in [0.25, 0.3) is 0 Å². The molecule has 2 heterocycles. The van der Waals surface area contributed by atoms with E-state index in [4.69, 9.17) is 4.98 Å². The SMILES string of the molecule is O=Cc1ccc(-c2nc3ccccc3c3cc[nH]c23)cc1. The van der Waals surface area contributed by atoms with Crippen LogP contribution in [0.2, 0.25) is 0 Å². The Bertz CT molecular complexity index is 952. The van der Waals surface area contributed by atoms with Crippen LogP contribution >= 0.6 is 0 Å². The Morgan fingerprint density at radius 3 is 2.52 bits per heavy atom. The second-order valence-corrected chi connectivity index (χ2v) is 4.98. The number of rotatable bonds is 2. The highest BCUT2D eigenvalue weighted by Crippen LogP contribution is 2.31. The first-order valence-corrected chi connectivity index (χ1v) is 6.78. The van der Waals surface area contributed by atoms with Crippen molar-refractivity contribution in [1.29, 1.82) is 0 Å². The van der Waals surface area contributed by atoms with Crippen molar-refractivity contribution >= 4 is 28.1 Å². The number of aldehydes is 1. The molecule has 0 radical (unpaired) electrons. The summed E-state index contributed by atoms with van der Waals surface area (Å²) in [5.41, 5.74) is 4.57. The van der Waals surface area contributed by atoms with E-state index in [2.05, 4.69) is 17.1 Å². The Balaban J connectivity index is 2.05. The zero-order chi connectivity index (χ0) is 14.2. The zero-order valence-corrected chi connectivity index (χ0v) is 11.2. The van der Waals surface area contributed by atoms with Crippen LogP contribution in [0, 0.1) is 0 Å². The van der Waals surface area contributed by atoms with Gasteiger partial charge in [-0.2, -0.15) is 0 Å². The first-order valence-electron chi connectivity index (χ1n) is 6.78. The topological polar surface area (TPSA) is 45.8 Å². The van der Waals surface area contributed by atoms with Crippen LogP contribution in [-0.2, 0) is 0 Å². The van der Waals surface area contributed by atoms with Crippen molar-refractivity contribution in [2.75, 3.05) is 0 Å². The molecular weight excluding hydrogens is 260 g/mol. The van der Waals surface area contributed by atoms with E-state index in [1.165, 1.54) is 0 Å². The molecule has 0 aliphatic heterocycles. The number of benzene rings is 2. The van der Waals surface area contributed by atoms with Crippen molar-refractivity contribution in [2.24, 2.45) is 0 Å². The third kappa shape index (κ3) is 1.82. The summed E-state index contributed by atoms with van der Waals surface area (Å²) in [5.74, 6) is 0. The van der Waals surface area contributed by atoms with E-state index in [9.17, 15) is 4.79 Å². The fourth-order valence-corrected chi connectivity index (χ4v) is 2.69. The summed E-state index contributed by atoms with van der Waals surface area (Å²) in [6.07, 6.45) is 2.78. The second kappa shape index (κ2) is 4.56. The van der Waals surface area contributed by atoms with E-state index in [-0.39, 0.29) is 0 Å². The number of hydrogen-bond acceptors (Lipinski definition) is 2. The number of aromatic nitrogens is 2. The maximum atomic E-state index is 10.8. The Hall–Kier alpha value is -2.94. The fraction of sp³-hybridized carbons (Fsp3) is 0. The minimum absolute atomic E-state index is 0.669. The third-order valence-electron chi connectivity index (χ3n) is 3.73. The Labute approximate surface area is 121 Å². The molecule has 0 fully saturated rings. The predicted molar refractivity (Wildman–Crippen MR) is 84.4 cm³/mol. The number of hydrogen-bond donors (Lipinski definition) is 1. The first kappa shape index (κ1) is 11.9. The molecule has 0 spiro atoms. The molecule has 2 aromatic heterocycles. The molecule has 100 valence electrons. The Morgan fingerprint density at radius 2 is 1.71 bits per heavy atom. The van der Waals surface area contributed by atoms with Crippen molar-refractivity contribution in [3.63, 3.8) is 0 Å². The van der Waals surface area contributed by atoms with Gasteiger partial charge in [0.15, 0.2) is 0 Å². The quantitative estimate of drug-likeness (QED) is 0.556. The molecule has 0 amide bonds. The van der Waals surface area contributed by atoms with Gasteiger partial charge >= 0.3 is 0 Å². The lowest BCUT2D eigenvalue weighted by Gasteiger charge is -2.07. The Morgan fingerprint density at radius 1 is 0.905 bits per heavy atom. The van der Waals surface area contributed by atoms with Crippen molar-refractivity contribution in [2.45, 2.75) is 0 Å². The lowest BCUT2D eigenvalue weighted by Crippen LogP contribution is -1.89. The maximum Gasteiger partial charge on any atom is 0.150 e. The van der Waals surface area contributed by atoms with Crippen LogP contribution in [-0.4, -0.2) is 16.3 Å². The van der Waals surface area contributed by atoms with Crippen molar-refractivity contribution in [3.8, 4) is 11.3 Å². The number of H-pyrrole nitrogens is 1. The molecule has 0 saturated heterocycles. The summed E-state index contributed by atoms with van der Waals surface area (Å²) in [7, 11) is 0. The second-order valence-electron chi connectivity index (χ2n) is 4.98. The summed E-state index contributed by atoms with van der Waals surface area (Å²) in [6, 6.07) is 17.7. The summed E-state index contributed by atoms with van der Waals surface area (Å²) in [4.78, 5) is 18.8. The van der Waals surface area contributed by atoms with E-state index in [1.807, 2.05) is 48.7 Å². The number of fused-ring (bicyclic) bond motifs is 3. The van der Waals surface area contributed by atoms with Crippen molar-refractivity contribution in [3.05, 3.63) is 66.4 Å². The smallest absolute Gasteiger partial charge is 0.150 e. The molecule has 0 bridgehead atoms. The molecule has 0 atom stereocenters. The molecule has 0 saturated carbocycles. The molecule has 3 nitrogen and oxygen atoms in total. The summed E-state index contributed by atoms with van der Waals surface area (Å²) < 4.78 is 0. The lowest BCUT2D eigenvalue weighted by molar-refractivity contribution is 0.112. The zero-order valence-electron chi connectivity index (χ0n) is 11.2. The van der Waals surface area contributed by atoms with Gasteiger partial charge in [-0.15, -0.1) is 0 Å². The highest BCUT2D eigenvalue weighted by atomic mass is 16.1. The highest BCUT2D eigenvalue weighted by molar-refractivity contribution is 6.09. The maximum absolute atomic E-state index is 10.8. The lowest BCUT2D eigenvalue weighted by atomic mass is 10.0. The van der Waals surface area contributed by atoms with Crippen LogP contribution in [0.4, 0.5) is 0 Å². The van der Waals surface area contributed by atoms with Crippen LogP contribution in [0.5, 0.6) is 0 Å². The van der Waals surface area contributed by atoms with Crippen molar-refractivity contribution < 1.29 is 4.79 Å². The van der Waals surface area contributed by atoms with Crippen LogP contribution in [0.3, 0.4) is 0 Å². The van der Waals surface area contributed by atoms with Gasteiger partial charge < -0.3 is 4.98 Å². The van der Waals surface area contributed by atoms with E-state index in [1.54, 1.807) is 0 Å². The van der Waals surface area contributed by atoms with Gasteiger partial charge in [-0.3, -0.25) is 4.79 Å². The summed E-state index contributed by atoms with van der Waals surface area (Å²) >= 11 is 0. The third-order valence-corrected chi connectivity index (χ3v) is 3.73. The van der Waals surface area contributed by atoms with Gasteiger partial charge in [0, 0.05) is 28.1 Å². The van der Waals surface area contributed by atoms with Gasteiger partial charge in [0.2, 0.25) is 0 Å². The minimum atomic E-state index is 0.669. The van der Waals surface area contributed by atoms with Gasteiger partial charge in [-0.05, 0) is 12.1 Å². The van der Waals surface area contributed by atoms with Gasteiger partial charge in [-0.1, -0.05) is 42.5 Å². The van der Waals surface area contributed by atoms with Crippen LogP contribution in [0.25, 0.3) is 33.1 Å². The van der Waals surface area contributed by atoms with Crippen molar-refractivity contribution in [1.82, 2.24) is 9.97 Å². The van der Waals surface area contributed by atoms with E-state index < -0.39 is 0 Å². The number of aromatic amines is 1. The number of pyridine rings is 1. The number of para-hydroxylation sites is 1. The molecule has 2 aromatic carbocycles. The normalized spacial score (nSPS) is 11.0. The molecule has 21 heavy (non-hydrogen) atoms. The minimum Gasteiger partial charge on any atom is -0.359 e. The molecule has 4 aromatic rings. The predicted octanol–water partition coefficient (Wildman–Crippen LogP) is 4.20. The Kier molecular flexibility index (Phi) is 2.57. The summed E-state index contributed by atoms with van der Waals surface area (Å²) in [6.45, 7) is 0. The van der Waals surface area contributed by atoms with E-state index in [0.29, 0.717) is 5.56 Å². The van der Waals surface area contributed by atoms with Crippen LogP contribution < -0.4 is 0 Å².